The van der Waals surface area contributed by atoms with Gasteiger partial charge in [-0.05, 0) is 31.4 Å². The van der Waals surface area contributed by atoms with Crippen molar-refractivity contribution in [2.24, 2.45) is 5.92 Å². The number of piperazine rings is 1. The molecular formula is C14H28N2S. The molecule has 3 atom stereocenters. The van der Waals surface area contributed by atoms with Crippen LogP contribution in [0, 0.1) is 5.92 Å². The SMILES string of the molecule is CSC1CCCC(N2CCNC(C(C)C)C2)C1. The molecule has 3 heteroatoms. The van der Waals surface area contributed by atoms with Gasteiger partial charge in [0.2, 0.25) is 0 Å². The highest BCUT2D eigenvalue weighted by Crippen LogP contribution is 2.30. The molecule has 1 saturated heterocycles. The maximum absolute atomic E-state index is 3.67. The van der Waals surface area contributed by atoms with Gasteiger partial charge in [-0.15, -0.1) is 0 Å². The fourth-order valence-electron chi connectivity index (χ4n) is 3.25. The van der Waals surface area contributed by atoms with Crippen LogP contribution in [0.2, 0.25) is 0 Å². The molecule has 0 radical (unpaired) electrons. The van der Waals surface area contributed by atoms with E-state index in [4.69, 9.17) is 0 Å². The molecule has 2 fully saturated rings. The minimum absolute atomic E-state index is 0.707. The lowest BCUT2D eigenvalue weighted by molar-refractivity contribution is 0.104. The lowest BCUT2D eigenvalue weighted by Gasteiger charge is -2.43. The molecule has 0 bridgehead atoms. The maximum atomic E-state index is 3.67. The molecule has 1 aliphatic carbocycles. The van der Waals surface area contributed by atoms with Crippen LogP contribution in [0.1, 0.15) is 39.5 Å². The van der Waals surface area contributed by atoms with Gasteiger partial charge in [-0.25, -0.2) is 0 Å². The van der Waals surface area contributed by atoms with E-state index in [0.717, 1.165) is 17.2 Å². The zero-order valence-corrected chi connectivity index (χ0v) is 12.4. The highest BCUT2D eigenvalue weighted by Gasteiger charge is 2.30. The molecule has 100 valence electrons. The molecule has 1 N–H and O–H groups in total. The second-order valence-electron chi connectivity index (χ2n) is 5.98. The van der Waals surface area contributed by atoms with E-state index < -0.39 is 0 Å². The summed E-state index contributed by atoms with van der Waals surface area (Å²) in [6.45, 7) is 8.39. The Morgan fingerprint density at radius 1 is 1.29 bits per heavy atom. The van der Waals surface area contributed by atoms with E-state index in [1.807, 2.05) is 0 Å². The predicted octanol–water partition coefficient (Wildman–Crippen LogP) is 2.59. The molecule has 2 rings (SSSR count). The molecule has 17 heavy (non-hydrogen) atoms. The van der Waals surface area contributed by atoms with Crippen LogP contribution < -0.4 is 5.32 Å². The number of thioether (sulfide) groups is 1. The normalized spacial score (nSPS) is 36.4. The fraction of sp³-hybridized carbons (Fsp3) is 1.00. The summed E-state index contributed by atoms with van der Waals surface area (Å²) >= 11 is 2.08. The number of hydrogen-bond donors (Lipinski definition) is 1. The smallest absolute Gasteiger partial charge is 0.0218 e. The van der Waals surface area contributed by atoms with Crippen LogP contribution in [-0.2, 0) is 0 Å². The second kappa shape index (κ2) is 6.44. The van der Waals surface area contributed by atoms with Crippen molar-refractivity contribution >= 4 is 11.8 Å². The van der Waals surface area contributed by atoms with Crippen molar-refractivity contribution < 1.29 is 0 Å². The summed E-state index contributed by atoms with van der Waals surface area (Å²) in [5.74, 6) is 0.762. The number of nitrogens with one attached hydrogen (secondary N) is 1. The molecule has 0 amide bonds. The van der Waals surface area contributed by atoms with Gasteiger partial charge in [0.15, 0.2) is 0 Å². The molecule has 0 aromatic heterocycles. The Kier molecular flexibility index (Phi) is 5.19. The van der Waals surface area contributed by atoms with Crippen LogP contribution in [0.5, 0.6) is 0 Å². The summed E-state index contributed by atoms with van der Waals surface area (Å²) in [5.41, 5.74) is 0. The van der Waals surface area contributed by atoms with E-state index in [9.17, 15) is 0 Å². The monoisotopic (exact) mass is 256 g/mol. The first-order valence-corrected chi connectivity index (χ1v) is 8.49. The van der Waals surface area contributed by atoms with Crippen molar-refractivity contribution in [2.45, 2.75) is 56.9 Å². The van der Waals surface area contributed by atoms with E-state index in [-0.39, 0.29) is 0 Å². The average molecular weight is 256 g/mol. The lowest BCUT2D eigenvalue weighted by atomic mass is 9.91. The molecule has 2 aliphatic rings. The largest absolute Gasteiger partial charge is 0.311 e. The molecule has 1 saturated carbocycles. The summed E-state index contributed by atoms with van der Waals surface area (Å²) < 4.78 is 0. The number of rotatable bonds is 3. The third kappa shape index (κ3) is 3.62. The molecule has 1 heterocycles. The third-order valence-corrected chi connectivity index (χ3v) is 5.58. The minimum Gasteiger partial charge on any atom is -0.311 e. The highest BCUT2D eigenvalue weighted by molar-refractivity contribution is 7.99. The van der Waals surface area contributed by atoms with Crippen molar-refractivity contribution in [1.82, 2.24) is 10.2 Å². The zero-order chi connectivity index (χ0) is 12.3. The first-order chi connectivity index (χ1) is 8.20. The third-order valence-electron chi connectivity index (χ3n) is 4.49. The van der Waals surface area contributed by atoms with Gasteiger partial charge in [0.1, 0.15) is 0 Å². The summed E-state index contributed by atoms with van der Waals surface area (Å²) in [5, 5.41) is 4.58. The maximum Gasteiger partial charge on any atom is 0.0218 e. The van der Waals surface area contributed by atoms with Crippen molar-refractivity contribution in [3.8, 4) is 0 Å². The zero-order valence-electron chi connectivity index (χ0n) is 11.6. The molecule has 1 aliphatic heterocycles. The van der Waals surface area contributed by atoms with Crippen LogP contribution in [-0.4, -0.2) is 48.1 Å². The summed E-state index contributed by atoms with van der Waals surface area (Å²) in [7, 11) is 0. The Morgan fingerprint density at radius 3 is 2.82 bits per heavy atom. The fourth-order valence-corrected chi connectivity index (χ4v) is 4.06. The lowest BCUT2D eigenvalue weighted by Crippen LogP contribution is -2.56. The number of hydrogen-bond acceptors (Lipinski definition) is 3. The molecule has 2 nitrogen and oxygen atoms in total. The highest BCUT2D eigenvalue weighted by atomic mass is 32.2. The first kappa shape index (κ1) is 13.7. The Labute approximate surface area is 111 Å². The van der Waals surface area contributed by atoms with E-state index in [1.165, 1.54) is 45.3 Å². The van der Waals surface area contributed by atoms with Gasteiger partial charge >= 0.3 is 0 Å². The van der Waals surface area contributed by atoms with E-state index in [2.05, 4.69) is 42.1 Å². The first-order valence-electron chi connectivity index (χ1n) is 7.21. The molecular weight excluding hydrogens is 228 g/mol. The quantitative estimate of drug-likeness (QED) is 0.835. The van der Waals surface area contributed by atoms with Gasteiger partial charge in [-0.1, -0.05) is 20.3 Å². The Morgan fingerprint density at radius 2 is 2.12 bits per heavy atom. The molecule has 0 spiro atoms. The Balaban J connectivity index is 1.88. The van der Waals surface area contributed by atoms with E-state index in [1.54, 1.807) is 0 Å². The molecule has 3 unspecified atom stereocenters. The van der Waals surface area contributed by atoms with Crippen molar-refractivity contribution in [2.75, 3.05) is 25.9 Å². The van der Waals surface area contributed by atoms with Gasteiger partial charge in [0.25, 0.3) is 0 Å². The number of nitrogens with zero attached hydrogens (tertiary/aromatic N) is 1. The summed E-state index contributed by atoms with van der Waals surface area (Å²) in [4.78, 5) is 2.77. The van der Waals surface area contributed by atoms with Crippen LogP contribution in [0.3, 0.4) is 0 Å². The van der Waals surface area contributed by atoms with Gasteiger partial charge in [-0.2, -0.15) is 11.8 Å². The van der Waals surface area contributed by atoms with Gasteiger partial charge in [-0.3, -0.25) is 4.90 Å². The molecule has 0 aromatic carbocycles. The van der Waals surface area contributed by atoms with Gasteiger partial charge in [0, 0.05) is 37.0 Å². The van der Waals surface area contributed by atoms with Crippen LogP contribution >= 0.6 is 11.8 Å². The topological polar surface area (TPSA) is 15.3 Å². The Hall–Kier alpha value is 0.270. The summed E-state index contributed by atoms with van der Waals surface area (Å²) in [6, 6.07) is 1.57. The van der Waals surface area contributed by atoms with E-state index >= 15 is 0 Å². The van der Waals surface area contributed by atoms with Gasteiger partial charge in [0.05, 0.1) is 0 Å². The molecule has 0 aromatic rings. The van der Waals surface area contributed by atoms with Crippen LogP contribution in [0.15, 0.2) is 0 Å². The average Bonchev–Trinajstić information content (AvgIpc) is 2.39. The second-order valence-corrected chi connectivity index (χ2v) is 7.12. The van der Waals surface area contributed by atoms with Gasteiger partial charge < -0.3 is 5.32 Å². The van der Waals surface area contributed by atoms with Crippen LogP contribution in [0.25, 0.3) is 0 Å². The van der Waals surface area contributed by atoms with Crippen molar-refractivity contribution in [3.63, 3.8) is 0 Å². The predicted molar refractivity (Wildman–Crippen MR) is 77.8 cm³/mol. The van der Waals surface area contributed by atoms with Crippen LogP contribution in [0.4, 0.5) is 0 Å². The van der Waals surface area contributed by atoms with Crippen molar-refractivity contribution in [3.05, 3.63) is 0 Å². The Bertz CT molecular complexity index is 232. The van der Waals surface area contributed by atoms with E-state index in [0.29, 0.717) is 6.04 Å². The van der Waals surface area contributed by atoms with Crippen molar-refractivity contribution in [1.29, 1.82) is 0 Å². The summed E-state index contributed by atoms with van der Waals surface area (Å²) in [6.07, 6.45) is 8.01. The minimum atomic E-state index is 0.707. The standard InChI is InChI=1S/C14H28N2S/c1-11(2)14-10-16(8-7-15-14)12-5-4-6-13(9-12)17-3/h11-15H,4-10H2,1-3H3.